The van der Waals surface area contributed by atoms with Crippen molar-refractivity contribution in [1.82, 2.24) is 20.8 Å². The molecule has 0 saturated carbocycles. The Hall–Kier alpha value is -4.39. The molecule has 0 saturated heterocycles. The summed E-state index contributed by atoms with van der Waals surface area (Å²) in [6, 6.07) is 14.6. The molecule has 49 heavy (non-hydrogen) atoms. The molecule has 0 bridgehead atoms. The SMILES string of the molecule is CN(C(=O)/C=C/Oc1ccc(N(CCCl)CCCl)cc1)c1cccnc1C1=NNC(c2ccc(OC(C)(C)CCOC(C)(C)C)cn2)=NN1. The van der Waals surface area contributed by atoms with Crippen LogP contribution >= 0.6 is 23.2 Å². The van der Waals surface area contributed by atoms with Gasteiger partial charge >= 0.3 is 0 Å². The first-order chi connectivity index (χ1) is 23.4. The molecule has 3 aromatic rings. The van der Waals surface area contributed by atoms with E-state index in [-0.39, 0.29) is 11.5 Å². The Labute approximate surface area is 298 Å². The molecule has 2 N–H and O–H groups in total. The molecule has 4 rings (SSSR count). The second kappa shape index (κ2) is 17.3. The van der Waals surface area contributed by atoms with E-state index in [0.29, 0.717) is 71.7 Å². The van der Waals surface area contributed by atoms with Crippen LogP contribution in [-0.2, 0) is 9.53 Å². The number of carbonyl (C=O) groups is 1. The molecule has 0 atom stereocenters. The number of likely N-dealkylation sites (N-methyl/N-ethyl adjacent to an activating group) is 1. The van der Waals surface area contributed by atoms with Gasteiger partial charge < -0.3 is 24.0 Å². The quantitative estimate of drug-likeness (QED) is 0.106. The topological polar surface area (TPSA) is 126 Å². The van der Waals surface area contributed by atoms with Gasteiger partial charge in [0.15, 0.2) is 11.7 Å². The fourth-order valence-electron chi connectivity index (χ4n) is 4.60. The Morgan fingerprint density at radius 1 is 0.898 bits per heavy atom. The number of carbonyl (C=O) groups excluding carboxylic acids is 1. The van der Waals surface area contributed by atoms with E-state index in [9.17, 15) is 4.79 Å². The summed E-state index contributed by atoms with van der Waals surface area (Å²) in [5, 5.41) is 8.82. The van der Waals surface area contributed by atoms with Gasteiger partial charge in [0, 0.05) is 56.3 Å². The van der Waals surface area contributed by atoms with E-state index in [1.54, 1.807) is 37.6 Å². The van der Waals surface area contributed by atoms with Crippen molar-refractivity contribution < 1.29 is 19.0 Å². The number of aromatic nitrogens is 2. The highest BCUT2D eigenvalue weighted by Crippen LogP contribution is 2.23. The molecule has 0 radical (unpaired) electrons. The first-order valence-corrected chi connectivity index (χ1v) is 17.0. The van der Waals surface area contributed by atoms with Gasteiger partial charge in [-0.05, 0) is 83.1 Å². The smallest absolute Gasteiger partial charge is 0.253 e. The zero-order valence-electron chi connectivity index (χ0n) is 28.7. The first kappa shape index (κ1) is 37.4. The van der Waals surface area contributed by atoms with E-state index in [0.717, 1.165) is 12.1 Å². The number of hydrogen-bond donors (Lipinski definition) is 2. The number of benzene rings is 1. The molecule has 0 unspecified atom stereocenters. The molecular weight excluding hydrogens is 667 g/mol. The van der Waals surface area contributed by atoms with Gasteiger partial charge in [-0.3, -0.25) is 20.6 Å². The van der Waals surface area contributed by atoms with Gasteiger partial charge in [0.05, 0.1) is 30.4 Å². The third kappa shape index (κ3) is 11.3. The van der Waals surface area contributed by atoms with Crippen LogP contribution in [0.5, 0.6) is 11.5 Å². The highest BCUT2D eigenvalue weighted by molar-refractivity contribution is 6.18. The van der Waals surface area contributed by atoms with Crippen molar-refractivity contribution in [3.63, 3.8) is 0 Å². The number of anilines is 2. The van der Waals surface area contributed by atoms with Gasteiger partial charge in [-0.1, -0.05) is 0 Å². The van der Waals surface area contributed by atoms with E-state index in [1.807, 2.05) is 65.0 Å². The van der Waals surface area contributed by atoms with Crippen LogP contribution in [0, 0.1) is 0 Å². The lowest BCUT2D eigenvalue weighted by molar-refractivity contribution is -0.114. The average molecular weight is 712 g/mol. The minimum absolute atomic E-state index is 0.199. The second-order valence-electron chi connectivity index (χ2n) is 12.6. The maximum absolute atomic E-state index is 13.1. The Morgan fingerprint density at radius 3 is 2.18 bits per heavy atom. The maximum atomic E-state index is 13.1. The van der Waals surface area contributed by atoms with Crippen LogP contribution < -0.4 is 30.1 Å². The highest BCUT2D eigenvalue weighted by Gasteiger charge is 2.23. The number of nitrogens with one attached hydrogen (secondary N) is 2. The van der Waals surface area contributed by atoms with Crippen LogP contribution in [0.4, 0.5) is 11.4 Å². The Bertz CT molecular complexity index is 1620. The zero-order chi connectivity index (χ0) is 35.4. The number of nitrogens with zero attached hydrogens (tertiary/aromatic N) is 6. The molecule has 3 heterocycles. The Morgan fingerprint density at radius 2 is 1.57 bits per heavy atom. The Balaban J connectivity index is 1.33. The number of hydrogen-bond acceptors (Lipinski definition) is 11. The van der Waals surface area contributed by atoms with E-state index >= 15 is 0 Å². The number of pyridine rings is 2. The molecular formula is C35H44Cl2N8O4. The molecule has 1 amide bonds. The van der Waals surface area contributed by atoms with Crippen molar-refractivity contribution in [1.29, 1.82) is 0 Å². The number of amidine groups is 2. The molecule has 1 aliphatic rings. The van der Waals surface area contributed by atoms with Gasteiger partial charge in [0.2, 0.25) is 0 Å². The summed E-state index contributed by atoms with van der Waals surface area (Å²) in [7, 11) is 1.64. The molecule has 0 aliphatic carbocycles. The van der Waals surface area contributed by atoms with Crippen molar-refractivity contribution >= 4 is 52.2 Å². The number of halogens is 2. The number of amides is 1. The van der Waals surface area contributed by atoms with Crippen molar-refractivity contribution in [3.05, 3.63) is 84.7 Å². The summed E-state index contributed by atoms with van der Waals surface area (Å²) in [5.74, 6) is 2.62. The lowest BCUT2D eigenvalue weighted by Crippen LogP contribution is -2.37. The summed E-state index contributed by atoms with van der Waals surface area (Å²) in [4.78, 5) is 25.5. The van der Waals surface area contributed by atoms with E-state index < -0.39 is 5.60 Å². The zero-order valence-corrected chi connectivity index (χ0v) is 30.3. The van der Waals surface area contributed by atoms with Gasteiger partial charge in [0.25, 0.3) is 5.91 Å². The lowest BCUT2D eigenvalue weighted by Gasteiger charge is -2.28. The van der Waals surface area contributed by atoms with Crippen molar-refractivity contribution in [2.45, 2.75) is 52.2 Å². The number of hydrazone groups is 2. The van der Waals surface area contributed by atoms with Crippen molar-refractivity contribution in [2.24, 2.45) is 10.2 Å². The van der Waals surface area contributed by atoms with Crippen molar-refractivity contribution in [3.8, 4) is 11.5 Å². The summed E-state index contributed by atoms with van der Waals surface area (Å²) in [6.07, 6.45) is 6.67. The predicted molar refractivity (Wildman–Crippen MR) is 196 cm³/mol. The third-order valence-electron chi connectivity index (χ3n) is 7.19. The number of ether oxygens (including phenoxy) is 3. The van der Waals surface area contributed by atoms with Crippen LogP contribution in [0.1, 0.15) is 52.4 Å². The van der Waals surface area contributed by atoms with Crippen LogP contribution in [0.2, 0.25) is 0 Å². The summed E-state index contributed by atoms with van der Waals surface area (Å²) in [5.41, 5.74) is 7.71. The molecule has 12 nitrogen and oxygen atoms in total. The van der Waals surface area contributed by atoms with Crippen LogP contribution in [-0.4, -0.2) is 77.3 Å². The molecule has 0 fully saturated rings. The van der Waals surface area contributed by atoms with Gasteiger partial charge in [0.1, 0.15) is 28.5 Å². The van der Waals surface area contributed by atoms with Crippen LogP contribution in [0.25, 0.3) is 0 Å². The van der Waals surface area contributed by atoms with Gasteiger partial charge in [-0.15, -0.1) is 23.2 Å². The highest BCUT2D eigenvalue weighted by atomic mass is 35.5. The van der Waals surface area contributed by atoms with Crippen molar-refractivity contribution in [2.75, 3.05) is 48.3 Å². The standard InChI is InChI=1S/C35H44Cl2N8O4/c1-34(2,3)48-23-16-35(4,5)49-27-13-14-28(39-24-27)32-40-42-33(43-41-32)31-29(8-7-19-38-31)44(6)30(46)15-22-47-26-11-9-25(10-12-26)45(20-17-36)21-18-37/h7-15,19,22,24H,16-18,20-21,23H2,1-6H3,(H,40,41)(H,42,43)/b22-15+. The summed E-state index contributed by atoms with van der Waals surface area (Å²) < 4.78 is 17.7. The third-order valence-corrected chi connectivity index (χ3v) is 7.53. The van der Waals surface area contributed by atoms with E-state index in [2.05, 4.69) is 35.9 Å². The Kier molecular flexibility index (Phi) is 13.2. The molecule has 1 aliphatic heterocycles. The predicted octanol–water partition coefficient (Wildman–Crippen LogP) is 5.89. The molecule has 14 heteroatoms. The number of alkyl halides is 2. The molecule has 262 valence electrons. The van der Waals surface area contributed by atoms with E-state index in [4.69, 9.17) is 37.4 Å². The fourth-order valence-corrected chi connectivity index (χ4v) is 5.01. The van der Waals surface area contributed by atoms with Gasteiger partial charge in [-0.25, -0.2) is 4.98 Å². The average Bonchev–Trinajstić information content (AvgIpc) is 3.08. The number of rotatable bonds is 16. The first-order valence-electron chi connectivity index (χ1n) is 15.9. The molecule has 2 aromatic heterocycles. The maximum Gasteiger partial charge on any atom is 0.253 e. The fraction of sp³-hybridized carbons (Fsp3) is 0.400. The lowest BCUT2D eigenvalue weighted by atomic mass is 10.1. The minimum Gasteiger partial charge on any atom is -0.486 e. The normalized spacial score (nSPS) is 13.2. The summed E-state index contributed by atoms with van der Waals surface area (Å²) >= 11 is 11.8. The van der Waals surface area contributed by atoms with Crippen LogP contribution in [0.3, 0.4) is 0 Å². The molecule has 1 aromatic carbocycles. The second-order valence-corrected chi connectivity index (χ2v) is 13.4. The van der Waals surface area contributed by atoms with Gasteiger partial charge in [-0.2, -0.15) is 10.2 Å². The monoisotopic (exact) mass is 710 g/mol. The minimum atomic E-state index is -0.433. The molecule has 0 spiro atoms. The van der Waals surface area contributed by atoms with Crippen LogP contribution in [0.15, 0.2) is 83.5 Å². The van der Waals surface area contributed by atoms with E-state index in [1.165, 1.54) is 17.2 Å². The summed E-state index contributed by atoms with van der Waals surface area (Å²) in [6.45, 7) is 12.1. The largest absolute Gasteiger partial charge is 0.486 e.